The van der Waals surface area contributed by atoms with E-state index in [0.717, 1.165) is 11.1 Å². The third-order valence-electron chi connectivity index (χ3n) is 4.47. The number of hydrogen-bond acceptors (Lipinski definition) is 2. The highest BCUT2D eigenvalue weighted by Gasteiger charge is 2.23. The van der Waals surface area contributed by atoms with Gasteiger partial charge in [0.05, 0.1) is 0 Å². The summed E-state index contributed by atoms with van der Waals surface area (Å²) >= 11 is 11.7. The molecule has 156 valence electrons. The first-order valence-corrected chi connectivity index (χ1v) is 10.4. The number of benzene rings is 2. The molecule has 29 heavy (non-hydrogen) atoms. The van der Waals surface area contributed by atoms with Crippen molar-refractivity contribution in [1.29, 1.82) is 0 Å². The first-order valence-electron chi connectivity index (χ1n) is 9.66. The first-order chi connectivity index (χ1) is 13.8. The van der Waals surface area contributed by atoms with Crippen molar-refractivity contribution in [2.75, 3.05) is 13.1 Å². The summed E-state index contributed by atoms with van der Waals surface area (Å²) in [7, 11) is 0. The van der Waals surface area contributed by atoms with Gasteiger partial charge in [-0.05, 0) is 54.2 Å². The average Bonchev–Trinajstić information content (AvgIpc) is 2.69. The molecule has 0 aromatic heterocycles. The zero-order valence-electron chi connectivity index (χ0n) is 16.7. The van der Waals surface area contributed by atoms with E-state index in [4.69, 9.17) is 23.2 Å². The summed E-state index contributed by atoms with van der Waals surface area (Å²) in [5, 5.41) is 9.82. The van der Waals surface area contributed by atoms with E-state index in [9.17, 15) is 9.59 Å². The lowest BCUT2D eigenvalue weighted by molar-refractivity contribution is -0.123. The molecule has 0 aliphatic heterocycles. The molecule has 2 rings (SSSR count). The third kappa shape index (κ3) is 8.34. The molecule has 2 aromatic carbocycles. The highest BCUT2D eigenvalue weighted by Crippen LogP contribution is 2.10. The standard InChI is InChI=1S/C22H27Cl2N3O2/c1-15(2)20(21(28)25-13-11-16-3-7-18(23)8-4-16)27-22(29)26-14-12-17-5-9-19(24)10-6-17/h3-10,15,20H,11-14H2,1-2H3,(H,25,28)(H2,26,27,29)/t20-/m1/s1. The van der Waals surface area contributed by atoms with Crippen molar-refractivity contribution in [2.24, 2.45) is 5.92 Å². The van der Waals surface area contributed by atoms with Crippen LogP contribution in [0.1, 0.15) is 25.0 Å². The zero-order valence-corrected chi connectivity index (χ0v) is 18.2. The predicted molar refractivity (Wildman–Crippen MR) is 118 cm³/mol. The van der Waals surface area contributed by atoms with Crippen LogP contribution < -0.4 is 16.0 Å². The van der Waals surface area contributed by atoms with Crippen molar-refractivity contribution in [3.05, 3.63) is 69.7 Å². The maximum Gasteiger partial charge on any atom is 0.315 e. The minimum Gasteiger partial charge on any atom is -0.354 e. The van der Waals surface area contributed by atoms with Gasteiger partial charge in [0.25, 0.3) is 0 Å². The van der Waals surface area contributed by atoms with Gasteiger partial charge in [-0.1, -0.05) is 61.3 Å². The molecule has 0 aliphatic rings. The predicted octanol–water partition coefficient (Wildman–Crippen LogP) is 4.22. The van der Waals surface area contributed by atoms with Gasteiger partial charge >= 0.3 is 6.03 Å². The fourth-order valence-corrected chi connectivity index (χ4v) is 3.04. The van der Waals surface area contributed by atoms with E-state index >= 15 is 0 Å². The van der Waals surface area contributed by atoms with Gasteiger partial charge in [0.2, 0.25) is 5.91 Å². The van der Waals surface area contributed by atoms with Crippen LogP contribution in [0, 0.1) is 5.92 Å². The van der Waals surface area contributed by atoms with Gasteiger partial charge in [-0.15, -0.1) is 0 Å². The summed E-state index contributed by atoms with van der Waals surface area (Å²) < 4.78 is 0. The lowest BCUT2D eigenvalue weighted by Crippen LogP contribution is -2.53. The van der Waals surface area contributed by atoms with Gasteiger partial charge in [0, 0.05) is 23.1 Å². The minimum atomic E-state index is -0.601. The van der Waals surface area contributed by atoms with Crippen LogP contribution in [0.2, 0.25) is 10.0 Å². The molecule has 0 heterocycles. The van der Waals surface area contributed by atoms with E-state index in [2.05, 4.69) is 16.0 Å². The Labute approximate surface area is 182 Å². The van der Waals surface area contributed by atoms with E-state index in [1.807, 2.05) is 62.4 Å². The molecule has 0 fully saturated rings. The number of amides is 3. The third-order valence-corrected chi connectivity index (χ3v) is 4.98. The van der Waals surface area contributed by atoms with Crippen LogP contribution in [0.4, 0.5) is 4.79 Å². The topological polar surface area (TPSA) is 70.2 Å². The number of hydrogen-bond donors (Lipinski definition) is 3. The number of halogens is 2. The molecule has 0 spiro atoms. The Morgan fingerprint density at radius 3 is 1.69 bits per heavy atom. The molecule has 0 bridgehead atoms. The van der Waals surface area contributed by atoms with Crippen LogP contribution in [0.15, 0.2) is 48.5 Å². The van der Waals surface area contributed by atoms with E-state index in [-0.39, 0.29) is 17.9 Å². The summed E-state index contributed by atoms with van der Waals surface area (Å²) in [5.41, 5.74) is 2.17. The second kappa shape index (κ2) is 11.7. The summed E-state index contributed by atoms with van der Waals surface area (Å²) in [6.45, 7) is 4.76. The molecular formula is C22H27Cl2N3O2. The molecule has 0 saturated heterocycles. The minimum absolute atomic E-state index is 0.0347. The molecule has 0 unspecified atom stereocenters. The maximum atomic E-state index is 12.5. The van der Waals surface area contributed by atoms with E-state index in [1.54, 1.807) is 0 Å². The van der Waals surface area contributed by atoms with Crippen LogP contribution in [-0.4, -0.2) is 31.1 Å². The normalized spacial score (nSPS) is 11.8. The second-order valence-corrected chi connectivity index (χ2v) is 8.04. The van der Waals surface area contributed by atoms with E-state index in [1.165, 1.54) is 0 Å². The van der Waals surface area contributed by atoms with Gasteiger partial charge < -0.3 is 16.0 Å². The number of nitrogens with one attached hydrogen (secondary N) is 3. The van der Waals surface area contributed by atoms with Crippen LogP contribution in [0.5, 0.6) is 0 Å². The second-order valence-electron chi connectivity index (χ2n) is 7.17. The monoisotopic (exact) mass is 435 g/mol. The molecule has 7 heteroatoms. The summed E-state index contributed by atoms with van der Waals surface area (Å²) in [4.78, 5) is 24.7. The van der Waals surface area contributed by atoms with Gasteiger partial charge in [-0.25, -0.2) is 4.79 Å². The van der Waals surface area contributed by atoms with E-state index < -0.39 is 6.04 Å². The molecule has 0 radical (unpaired) electrons. The average molecular weight is 436 g/mol. The van der Waals surface area contributed by atoms with Crippen LogP contribution in [-0.2, 0) is 17.6 Å². The lowest BCUT2D eigenvalue weighted by Gasteiger charge is -2.22. The molecule has 3 amide bonds. The molecule has 0 aliphatic carbocycles. The van der Waals surface area contributed by atoms with Crippen molar-refractivity contribution in [3.8, 4) is 0 Å². The summed E-state index contributed by atoms with van der Waals surface area (Å²) in [6.07, 6.45) is 1.38. The first kappa shape index (κ1) is 23.0. The summed E-state index contributed by atoms with van der Waals surface area (Å²) in [5.74, 6) is -0.227. The SMILES string of the molecule is CC(C)[C@@H](NC(=O)NCCc1ccc(Cl)cc1)C(=O)NCCc1ccc(Cl)cc1. The largest absolute Gasteiger partial charge is 0.354 e. The van der Waals surface area contributed by atoms with Crippen molar-refractivity contribution in [2.45, 2.75) is 32.7 Å². The number of carbonyl (C=O) groups is 2. The van der Waals surface area contributed by atoms with Crippen molar-refractivity contribution < 1.29 is 9.59 Å². The Morgan fingerprint density at radius 2 is 1.24 bits per heavy atom. The fraction of sp³-hybridized carbons (Fsp3) is 0.364. The van der Waals surface area contributed by atoms with E-state index in [0.29, 0.717) is 36.0 Å². The molecule has 1 atom stereocenters. The Kier molecular flexibility index (Phi) is 9.29. The number of rotatable bonds is 9. The van der Waals surface area contributed by atoms with Gasteiger partial charge in [0.15, 0.2) is 0 Å². The maximum absolute atomic E-state index is 12.5. The molecular weight excluding hydrogens is 409 g/mol. The fourth-order valence-electron chi connectivity index (χ4n) is 2.79. The van der Waals surface area contributed by atoms with Crippen molar-refractivity contribution in [3.63, 3.8) is 0 Å². The summed E-state index contributed by atoms with van der Waals surface area (Å²) in [6, 6.07) is 14.0. The highest BCUT2D eigenvalue weighted by molar-refractivity contribution is 6.30. The van der Waals surface area contributed by atoms with Crippen molar-refractivity contribution in [1.82, 2.24) is 16.0 Å². The lowest BCUT2D eigenvalue weighted by atomic mass is 10.0. The number of urea groups is 1. The Bertz CT molecular complexity index is 793. The quantitative estimate of drug-likeness (QED) is 0.551. The van der Waals surface area contributed by atoms with Gasteiger partial charge in [-0.3, -0.25) is 4.79 Å². The van der Waals surface area contributed by atoms with Crippen molar-refractivity contribution >= 4 is 35.1 Å². The smallest absolute Gasteiger partial charge is 0.315 e. The Morgan fingerprint density at radius 1 is 0.793 bits per heavy atom. The van der Waals surface area contributed by atoms with Crippen LogP contribution in [0.25, 0.3) is 0 Å². The van der Waals surface area contributed by atoms with Gasteiger partial charge in [0.1, 0.15) is 6.04 Å². The highest BCUT2D eigenvalue weighted by atomic mass is 35.5. The zero-order chi connectivity index (χ0) is 21.2. The Hall–Kier alpha value is -2.24. The molecule has 5 nitrogen and oxygen atoms in total. The van der Waals surface area contributed by atoms with Crippen LogP contribution >= 0.6 is 23.2 Å². The van der Waals surface area contributed by atoms with Crippen LogP contribution in [0.3, 0.4) is 0 Å². The van der Waals surface area contributed by atoms with Gasteiger partial charge in [-0.2, -0.15) is 0 Å². The molecule has 2 aromatic rings. The molecule has 0 saturated carbocycles. The Balaban J connectivity index is 1.75. The number of carbonyl (C=O) groups excluding carboxylic acids is 2. The molecule has 3 N–H and O–H groups in total.